The van der Waals surface area contributed by atoms with Crippen LogP contribution in [0.5, 0.6) is 0 Å². The Hall–Kier alpha value is -2.34. The van der Waals surface area contributed by atoms with Crippen LogP contribution in [0.25, 0.3) is 10.9 Å². The number of aromatic nitrogens is 1. The summed E-state index contributed by atoms with van der Waals surface area (Å²) in [5.41, 5.74) is 0.0489. The van der Waals surface area contributed by atoms with Crippen molar-refractivity contribution in [2.75, 3.05) is 13.2 Å². The fraction of sp³-hybridized carbons (Fsp3) is 0.286. The highest BCUT2D eigenvalue weighted by Gasteiger charge is 2.44. The lowest BCUT2D eigenvalue weighted by molar-refractivity contribution is -0.144. The van der Waals surface area contributed by atoms with Crippen molar-refractivity contribution in [1.29, 1.82) is 0 Å². The number of hydrogen-bond acceptors (Lipinski definition) is 3. The number of carboxylic acids is 1. The van der Waals surface area contributed by atoms with Gasteiger partial charge in [-0.2, -0.15) is 0 Å². The van der Waals surface area contributed by atoms with Crippen LogP contribution in [0.15, 0.2) is 30.5 Å². The number of ether oxygens (including phenoxy) is 1. The van der Waals surface area contributed by atoms with Crippen molar-refractivity contribution in [3.05, 3.63) is 36.0 Å². The normalized spacial score (nSPS) is 22.0. The van der Waals surface area contributed by atoms with Crippen LogP contribution in [0, 0.1) is 0 Å². The molecule has 1 aromatic carbocycles. The van der Waals surface area contributed by atoms with E-state index in [9.17, 15) is 14.7 Å². The molecular formula is C14H14N2O4. The first-order valence-electron chi connectivity index (χ1n) is 6.32. The second kappa shape index (κ2) is 4.64. The second-order valence-corrected chi connectivity index (χ2v) is 4.92. The Morgan fingerprint density at radius 2 is 2.20 bits per heavy atom. The van der Waals surface area contributed by atoms with Gasteiger partial charge in [0, 0.05) is 35.7 Å². The number of nitrogens with one attached hydrogen (secondary N) is 2. The molecule has 1 saturated heterocycles. The Morgan fingerprint density at radius 3 is 2.90 bits per heavy atom. The average molecular weight is 274 g/mol. The van der Waals surface area contributed by atoms with Gasteiger partial charge in [-0.25, -0.2) is 4.79 Å². The van der Waals surface area contributed by atoms with Gasteiger partial charge >= 0.3 is 5.97 Å². The van der Waals surface area contributed by atoms with Crippen LogP contribution < -0.4 is 5.32 Å². The third-order valence-electron chi connectivity index (χ3n) is 3.60. The van der Waals surface area contributed by atoms with Crippen LogP contribution in [-0.4, -0.2) is 40.7 Å². The molecule has 1 unspecified atom stereocenters. The molecule has 1 aliphatic rings. The van der Waals surface area contributed by atoms with E-state index in [2.05, 4.69) is 10.3 Å². The summed E-state index contributed by atoms with van der Waals surface area (Å²) in [7, 11) is 0. The molecule has 0 aliphatic carbocycles. The lowest BCUT2D eigenvalue weighted by atomic mass is 9.98. The lowest BCUT2D eigenvalue weighted by Gasteiger charge is -2.23. The average Bonchev–Trinajstić information content (AvgIpc) is 3.06. The standard InChI is InChI=1S/C14H14N2O4/c17-12(16-14(13(18)19)4-6-20-8-14)10-1-2-11-9(7-10)3-5-15-11/h1-3,5,7,15H,4,6,8H2,(H,16,17)(H,18,19). The van der Waals surface area contributed by atoms with Crippen molar-refractivity contribution in [2.45, 2.75) is 12.0 Å². The van der Waals surface area contributed by atoms with Crippen LogP contribution in [0.1, 0.15) is 16.8 Å². The van der Waals surface area contributed by atoms with Crippen molar-refractivity contribution < 1.29 is 19.4 Å². The highest BCUT2D eigenvalue weighted by molar-refractivity contribution is 6.00. The molecule has 1 aromatic heterocycles. The number of fused-ring (bicyclic) bond motifs is 1. The van der Waals surface area contributed by atoms with Crippen LogP contribution in [0.2, 0.25) is 0 Å². The quantitative estimate of drug-likeness (QED) is 0.782. The smallest absolute Gasteiger partial charge is 0.331 e. The Labute approximate surface area is 114 Å². The number of carbonyl (C=O) groups excluding carboxylic acids is 1. The number of aromatic amines is 1. The maximum absolute atomic E-state index is 12.2. The maximum Gasteiger partial charge on any atom is 0.331 e. The molecule has 0 spiro atoms. The number of benzene rings is 1. The molecule has 0 bridgehead atoms. The van der Waals surface area contributed by atoms with E-state index >= 15 is 0 Å². The molecule has 1 atom stereocenters. The predicted octanol–water partition coefficient (Wildman–Crippen LogP) is 1.14. The minimum Gasteiger partial charge on any atom is -0.479 e. The Kier molecular flexibility index (Phi) is 2.94. The summed E-state index contributed by atoms with van der Waals surface area (Å²) in [4.78, 5) is 26.6. The molecule has 20 heavy (non-hydrogen) atoms. The molecule has 1 aliphatic heterocycles. The minimum atomic E-state index is -1.32. The third-order valence-corrected chi connectivity index (χ3v) is 3.60. The van der Waals surface area contributed by atoms with E-state index in [1.54, 1.807) is 24.4 Å². The molecule has 6 nitrogen and oxygen atoms in total. The monoisotopic (exact) mass is 274 g/mol. The highest BCUT2D eigenvalue weighted by atomic mass is 16.5. The fourth-order valence-corrected chi connectivity index (χ4v) is 2.37. The summed E-state index contributed by atoms with van der Waals surface area (Å²) in [6.07, 6.45) is 2.07. The van der Waals surface area contributed by atoms with E-state index in [-0.39, 0.29) is 13.0 Å². The second-order valence-electron chi connectivity index (χ2n) is 4.92. The van der Waals surface area contributed by atoms with Gasteiger partial charge in [0.05, 0.1) is 6.61 Å². The van der Waals surface area contributed by atoms with Gasteiger partial charge in [0.2, 0.25) is 0 Å². The fourth-order valence-electron chi connectivity index (χ4n) is 2.37. The molecule has 3 N–H and O–H groups in total. The number of aliphatic carboxylic acids is 1. The molecular weight excluding hydrogens is 260 g/mol. The van der Waals surface area contributed by atoms with Gasteiger partial charge in [-0.15, -0.1) is 0 Å². The molecule has 104 valence electrons. The molecule has 0 saturated carbocycles. The van der Waals surface area contributed by atoms with Gasteiger partial charge in [-0.3, -0.25) is 4.79 Å². The zero-order valence-corrected chi connectivity index (χ0v) is 10.7. The van der Waals surface area contributed by atoms with Crippen molar-refractivity contribution in [3.8, 4) is 0 Å². The van der Waals surface area contributed by atoms with E-state index in [0.29, 0.717) is 12.2 Å². The van der Waals surface area contributed by atoms with Crippen LogP contribution in [-0.2, 0) is 9.53 Å². The van der Waals surface area contributed by atoms with E-state index in [1.807, 2.05) is 6.07 Å². The summed E-state index contributed by atoms with van der Waals surface area (Å²) in [6.45, 7) is 0.337. The Morgan fingerprint density at radius 1 is 1.35 bits per heavy atom. The number of H-pyrrole nitrogens is 1. The van der Waals surface area contributed by atoms with Gasteiger partial charge in [0.25, 0.3) is 5.91 Å². The predicted molar refractivity (Wildman–Crippen MR) is 71.6 cm³/mol. The number of amides is 1. The van der Waals surface area contributed by atoms with Gasteiger partial charge in [0.1, 0.15) is 0 Å². The lowest BCUT2D eigenvalue weighted by Crippen LogP contribution is -2.55. The maximum atomic E-state index is 12.2. The third kappa shape index (κ3) is 2.04. The van der Waals surface area contributed by atoms with Gasteiger partial charge in [-0.05, 0) is 24.3 Å². The minimum absolute atomic E-state index is 0.000469. The SMILES string of the molecule is O=C(NC1(C(=O)O)CCOC1)c1ccc2[nH]ccc2c1. The van der Waals surface area contributed by atoms with Crippen LogP contribution in [0.3, 0.4) is 0 Å². The summed E-state index contributed by atoms with van der Waals surface area (Å²) < 4.78 is 5.12. The van der Waals surface area contributed by atoms with E-state index in [1.165, 1.54) is 0 Å². The van der Waals surface area contributed by atoms with E-state index in [0.717, 1.165) is 10.9 Å². The molecule has 3 rings (SSSR count). The Balaban J connectivity index is 1.86. The zero-order valence-electron chi connectivity index (χ0n) is 10.7. The molecule has 6 heteroatoms. The first-order chi connectivity index (χ1) is 9.61. The topological polar surface area (TPSA) is 91.4 Å². The van der Waals surface area contributed by atoms with Crippen LogP contribution in [0.4, 0.5) is 0 Å². The van der Waals surface area contributed by atoms with Gasteiger partial charge < -0.3 is 20.1 Å². The molecule has 1 fully saturated rings. The molecule has 2 heterocycles. The van der Waals surface area contributed by atoms with Crippen molar-refractivity contribution in [1.82, 2.24) is 10.3 Å². The number of carbonyl (C=O) groups is 2. The van der Waals surface area contributed by atoms with E-state index in [4.69, 9.17) is 4.74 Å². The van der Waals surface area contributed by atoms with Crippen molar-refractivity contribution >= 4 is 22.8 Å². The number of carboxylic acid groups (broad SMARTS) is 1. The first kappa shape index (κ1) is 12.7. The van der Waals surface area contributed by atoms with Crippen molar-refractivity contribution in [3.63, 3.8) is 0 Å². The largest absolute Gasteiger partial charge is 0.479 e. The first-order valence-corrected chi connectivity index (χ1v) is 6.32. The molecule has 1 amide bonds. The number of rotatable bonds is 3. The number of hydrogen-bond donors (Lipinski definition) is 3. The molecule has 0 radical (unpaired) electrons. The van der Waals surface area contributed by atoms with Crippen molar-refractivity contribution in [2.24, 2.45) is 0 Å². The van der Waals surface area contributed by atoms with Gasteiger partial charge in [-0.1, -0.05) is 0 Å². The summed E-state index contributed by atoms with van der Waals surface area (Å²) >= 11 is 0. The zero-order chi connectivity index (χ0) is 14.2. The summed E-state index contributed by atoms with van der Waals surface area (Å²) in [5, 5.41) is 12.8. The van der Waals surface area contributed by atoms with Crippen LogP contribution >= 0.6 is 0 Å². The van der Waals surface area contributed by atoms with E-state index < -0.39 is 17.4 Å². The summed E-state index contributed by atoms with van der Waals surface area (Å²) in [6, 6.07) is 7.05. The summed E-state index contributed by atoms with van der Waals surface area (Å²) in [5.74, 6) is -1.47. The van der Waals surface area contributed by atoms with Gasteiger partial charge in [0.15, 0.2) is 5.54 Å². The Bertz CT molecular complexity index is 671. The molecule has 2 aromatic rings. The highest BCUT2D eigenvalue weighted by Crippen LogP contribution is 2.21.